The number of hydrogen-bond donors (Lipinski definition) is 2. The van der Waals surface area contributed by atoms with Crippen molar-refractivity contribution in [3.63, 3.8) is 0 Å². The third kappa shape index (κ3) is 5.08. The van der Waals surface area contributed by atoms with Crippen LogP contribution in [0, 0.1) is 5.41 Å². The third-order valence-electron chi connectivity index (χ3n) is 2.61. The molecule has 0 spiro atoms. The predicted molar refractivity (Wildman–Crippen MR) is 65.8 cm³/mol. The summed E-state index contributed by atoms with van der Waals surface area (Å²) in [6, 6.07) is 0.637. The van der Waals surface area contributed by atoms with E-state index in [1.807, 2.05) is 34.6 Å². The lowest BCUT2D eigenvalue weighted by molar-refractivity contribution is 0.168. The van der Waals surface area contributed by atoms with Crippen molar-refractivity contribution in [3.8, 4) is 0 Å². The highest BCUT2D eigenvalue weighted by molar-refractivity contribution is 6.44. The number of hydrogen-bond acceptors (Lipinski definition) is 4. The van der Waals surface area contributed by atoms with Gasteiger partial charge in [-0.2, -0.15) is 0 Å². The van der Waals surface area contributed by atoms with E-state index in [0.29, 0.717) is 19.3 Å². The van der Waals surface area contributed by atoms with Crippen LogP contribution in [0.3, 0.4) is 0 Å². The van der Waals surface area contributed by atoms with Crippen molar-refractivity contribution in [1.29, 1.82) is 0 Å². The van der Waals surface area contributed by atoms with E-state index in [9.17, 15) is 0 Å². The van der Waals surface area contributed by atoms with Crippen LogP contribution in [-0.2, 0) is 8.85 Å². The molecule has 92 valence electrons. The smallest absolute Gasteiger partial charge is 0.324 e. The van der Waals surface area contributed by atoms with Crippen LogP contribution in [0.4, 0.5) is 0 Å². The Morgan fingerprint density at radius 2 is 1.40 bits per heavy atom. The van der Waals surface area contributed by atoms with Gasteiger partial charge in [-0.15, -0.1) is 0 Å². The van der Waals surface area contributed by atoms with Crippen LogP contribution in [0.25, 0.3) is 0 Å². The van der Waals surface area contributed by atoms with Crippen molar-refractivity contribution < 1.29 is 8.85 Å². The average Bonchev–Trinajstić information content (AvgIpc) is 2.02. The van der Waals surface area contributed by atoms with Crippen LogP contribution < -0.4 is 11.5 Å². The highest BCUT2D eigenvalue weighted by atomic mass is 28.3. The van der Waals surface area contributed by atoms with E-state index in [2.05, 4.69) is 0 Å². The maximum Gasteiger partial charge on any atom is 0.324 e. The molecule has 0 fully saturated rings. The largest absolute Gasteiger partial charge is 0.397 e. The lowest BCUT2D eigenvalue weighted by Crippen LogP contribution is -2.61. The van der Waals surface area contributed by atoms with Crippen molar-refractivity contribution >= 4 is 9.28 Å². The van der Waals surface area contributed by atoms with Gasteiger partial charge >= 0.3 is 9.28 Å². The minimum atomic E-state index is -1.71. The molecule has 0 radical (unpaired) electrons. The number of rotatable bonds is 6. The second-order valence-electron chi connectivity index (χ2n) is 4.83. The predicted octanol–water partition coefficient (Wildman–Crippen LogP) is 0.940. The van der Waals surface area contributed by atoms with E-state index in [0.717, 1.165) is 0 Å². The maximum atomic E-state index is 6.11. The first kappa shape index (κ1) is 15.1. The molecule has 0 aliphatic heterocycles. The minimum absolute atomic E-state index is 0.146. The van der Waals surface area contributed by atoms with Gasteiger partial charge in [0.05, 0.1) is 5.66 Å². The normalized spacial score (nSPS) is 13.6. The van der Waals surface area contributed by atoms with Crippen LogP contribution in [0.5, 0.6) is 0 Å². The number of nitrogens with two attached hydrogens (primary N) is 2. The fraction of sp³-hybridized carbons (Fsp3) is 1.00. The molecule has 0 unspecified atom stereocenters. The van der Waals surface area contributed by atoms with Crippen LogP contribution in [0.1, 0.15) is 34.6 Å². The van der Waals surface area contributed by atoms with Gasteiger partial charge in [0.1, 0.15) is 0 Å². The lowest BCUT2D eigenvalue weighted by atomic mass is 9.83. The second-order valence-corrected chi connectivity index (χ2v) is 6.77. The van der Waals surface area contributed by atoms with Crippen molar-refractivity contribution in [3.05, 3.63) is 0 Å². The van der Waals surface area contributed by atoms with Gasteiger partial charge in [-0.3, -0.25) is 0 Å². The molecule has 15 heavy (non-hydrogen) atoms. The molecule has 0 saturated heterocycles. The van der Waals surface area contributed by atoms with Crippen molar-refractivity contribution in [2.75, 3.05) is 13.2 Å². The van der Waals surface area contributed by atoms with Crippen molar-refractivity contribution in [2.45, 2.75) is 46.3 Å². The molecule has 0 aliphatic rings. The van der Waals surface area contributed by atoms with Crippen molar-refractivity contribution in [1.82, 2.24) is 0 Å². The summed E-state index contributed by atoms with van der Waals surface area (Å²) in [4.78, 5) is 0. The summed E-state index contributed by atoms with van der Waals surface area (Å²) in [5.41, 5.74) is 11.3. The molecule has 0 atom stereocenters. The standard InChI is InChI=1S/C10H26N2O2Si/c1-6-13-15(14-7-2)8-10(11,12)9(3,4)5/h15H,6-8,11-12H2,1-5H3. The molecule has 5 heteroatoms. The van der Waals surface area contributed by atoms with Crippen molar-refractivity contribution in [2.24, 2.45) is 16.9 Å². The Morgan fingerprint density at radius 1 is 1.00 bits per heavy atom. The Balaban J connectivity index is 4.37. The van der Waals surface area contributed by atoms with Gasteiger partial charge in [0, 0.05) is 19.3 Å². The topological polar surface area (TPSA) is 70.5 Å². The summed E-state index contributed by atoms with van der Waals surface area (Å²) in [5, 5.41) is 0. The molecule has 4 nitrogen and oxygen atoms in total. The maximum absolute atomic E-state index is 6.11. The van der Waals surface area contributed by atoms with E-state index in [1.165, 1.54) is 0 Å². The monoisotopic (exact) mass is 234 g/mol. The fourth-order valence-corrected chi connectivity index (χ4v) is 3.36. The van der Waals surface area contributed by atoms with E-state index in [4.69, 9.17) is 20.3 Å². The molecule has 0 bridgehead atoms. The van der Waals surface area contributed by atoms with E-state index < -0.39 is 14.9 Å². The fourth-order valence-electron chi connectivity index (χ4n) is 1.12. The summed E-state index contributed by atoms with van der Waals surface area (Å²) < 4.78 is 11.1. The molecule has 0 amide bonds. The summed E-state index contributed by atoms with van der Waals surface area (Å²) in [6.07, 6.45) is 0. The molecule has 0 aromatic heterocycles. The summed E-state index contributed by atoms with van der Waals surface area (Å²) in [5.74, 6) is 0. The molecular formula is C10H26N2O2Si. The SMILES string of the molecule is CCO[SiH](CC(N)(N)C(C)(C)C)OCC. The van der Waals surface area contributed by atoms with Crippen LogP contribution >= 0.6 is 0 Å². The Hall–Kier alpha value is 0.0569. The Bertz CT molecular complexity index is 175. The summed E-state index contributed by atoms with van der Waals surface area (Å²) in [7, 11) is -1.71. The highest BCUT2D eigenvalue weighted by Crippen LogP contribution is 2.28. The molecule has 0 rings (SSSR count). The molecule has 4 N–H and O–H groups in total. The van der Waals surface area contributed by atoms with E-state index in [-0.39, 0.29) is 5.41 Å². The summed E-state index contributed by atoms with van der Waals surface area (Å²) >= 11 is 0. The molecule has 0 aromatic carbocycles. The summed E-state index contributed by atoms with van der Waals surface area (Å²) in [6.45, 7) is 11.4. The second kappa shape index (κ2) is 5.96. The van der Waals surface area contributed by atoms with Gasteiger partial charge in [0.2, 0.25) is 0 Å². The zero-order chi connectivity index (χ0) is 12.1. The first-order valence-electron chi connectivity index (χ1n) is 5.55. The first-order chi connectivity index (χ1) is 6.74. The zero-order valence-electron chi connectivity index (χ0n) is 10.7. The lowest BCUT2D eigenvalue weighted by Gasteiger charge is -2.39. The first-order valence-corrected chi connectivity index (χ1v) is 7.31. The molecule has 0 heterocycles. The zero-order valence-corrected chi connectivity index (χ0v) is 11.8. The van der Waals surface area contributed by atoms with Gasteiger partial charge in [-0.05, 0) is 19.3 Å². The molecule has 0 aliphatic carbocycles. The van der Waals surface area contributed by atoms with Gasteiger partial charge in [0.15, 0.2) is 0 Å². The van der Waals surface area contributed by atoms with E-state index >= 15 is 0 Å². The molecule has 0 saturated carbocycles. The van der Waals surface area contributed by atoms with Gasteiger partial charge in [-0.25, -0.2) is 0 Å². The van der Waals surface area contributed by atoms with Crippen LogP contribution in [0.2, 0.25) is 6.04 Å². The molecular weight excluding hydrogens is 208 g/mol. The molecule has 0 aromatic rings. The van der Waals surface area contributed by atoms with Crippen LogP contribution in [0.15, 0.2) is 0 Å². The Morgan fingerprint density at radius 3 is 1.67 bits per heavy atom. The quantitative estimate of drug-likeness (QED) is 0.530. The van der Waals surface area contributed by atoms with Crippen LogP contribution in [-0.4, -0.2) is 28.2 Å². The highest BCUT2D eigenvalue weighted by Gasteiger charge is 2.38. The van der Waals surface area contributed by atoms with E-state index in [1.54, 1.807) is 0 Å². The van der Waals surface area contributed by atoms with Gasteiger partial charge in [-0.1, -0.05) is 20.8 Å². The third-order valence-corrected chi connectivity index (χ3v) is 5.03. The van der Waals surface area contributed by atoms with Gasteiger partial charge in [0.25, 0.3) is 0 Å². The minimum Gasteiger partial charge on any atom is -0.397 e. The Kier molecular flexibility index (Phi) is 5.98. The Labute approximate surface area is 95.2 Å². The van der Waals surface area contributed by atoms with Gasteiger partial charge < -0.3 is 20.3 Å². The average molecular weight is 234 g/mol.